The van der Waals surface area contributed by atoms with Gasteiger partial charge in [-0.3, -0.25) is 0 Å². The van der Waals surface area contributed by atoms with Gasteiger partial charge >= 0.3 is 0 Å². The van der Waals surface area contributed by atoms with Gasteiger partial charge in [0.25, 0.3) is 0 Å². The van der Waals surface area contributed by atoms with Crippen LogP contribution in [0.4, 0.5) is 0 Å². The number of aromatic nitrogens is 5. The number of aryl methyl sites for hydroxylation is 2. The van der Waals surface area contributed by atoms with E-state index >= 15 is 0 Å². The maximum absolute atomic E-state index is 5.54. The maximum Gasteiger partial charge on any atom is 0.159 e. The second-order valence-electron chi connectivity index (χ2n) is 3.21. The molecule has 2 rings (SSSR count). The fraction of sp³-hybridized carbons (Fsp3) is 0.333. The first-order chi connectivity index (χ1) is 7.20. The summed E-state index contributed by atoms with van der Waals surface area (Å²) < 4.78 is 1.63. The molecule has 0 amide bonds. The molecule has 0 saturated heterocycles. The molecule has 0 spiro atoms. The van der Waals surface area contributed by atoms with Crippen molar-refractivity contribution >= 4 is 0 Å². The molecule has 0 aliphatic heterocycles. The molecule has 2 aromatic heterocycles. The second kappa shape index (κ2) is 3.74. The molecule has 15 heavy (non-hydrogen) atoms. The van der Waals surface area contributed by atoms with Crippen LogP contribution in [0, 0.1) is 13.8 Å². The van der Waals surface area contributed by atoms with Crippen molar-refractivity contribution in [2.24, 2.45) is 5.73 Å². The van der Waals surface area contributed by atoms with Gasteiger partial charge in [0.1, 0.15) is 18.0 Å². The van der Waals surface area contributed by atoms with Gasteiger partial charge in [-0.25, -0.2) is 15.0 Å². The molecule has 6 nitrogen and oxygen atoms in total. The van der Waals surface area contributed by atoms with Crippen LogP contribution in [0.1, 0.15) is 17.3 Å². The third kappa shape index (κ3) is 1.84. The van der Waals surface area contributed by atoms with Crippen molar-refractivity contribution in [1.82, 2.24) is 24.7 Å². The summed E-state index contributed by atoms with van der Waals surface area (Å²) in [6.07, 6.45) is 1.47. The van der Waals surface area contributed by atoms with Crippen LogP contribution >= 0.6 is 0 Å². The summed E-state index contributed by atoms with van der Waals surface area (Å²) in [5.74, 6) is 2.11. The molecule has 0 bridgehead atoms. The lowest BCUT2D eigenvalue weighted by molar-refractivity contribution is 0.757. The fourth-order valence-corrected chi connectivity index (χ4v) is 1.40. The van der Waals surface area contributed by atoms with Gasteiger partial charge in [-0.1, -0.05) is 0 Å². The molecule has 0 atom stereocenters. The third-order valence-corrected chi connectivity index (χ3v) is 1.97. The van der Waals surface area contributed by atoms with Crippen LogP contribution in [0.25, 0.3) is 5.82 Å². The van der Waals surface area contributed by atoms with E-state index in [1.807, 2.05) is 19.9 Å². The Morgan fingerprint density at radius 1 is 1.33 bits per heavy atom. The van der Waals surface area contributed by atoms with E-state index in [0.717, 1.165) is 5.69 Å². The van der Waals surface area contributed by atoms with Crippen molar-refractivity contribution in [3.8, 4) is 5.82 Å². The molecule has 0 fully saturated rings. The molecule has 0 unspecified atom stereocenters. The minimum absolute atomic E-state index is 0.335. The highest BCUT2D eigenvalue weighted by atomic mass is 15.4. The van der Waals surface area contributed by atoms with Gasteiger partial charge in [-0.05, 0) is 13.8 Å². The van der Waals surface area contributed by atoms with Gasteiger partial charge in [0.15, 0.2) is 5.82 Å². The Balaban J connectivity index is 2.53. The van der Waals surface area contributed by atoms with Gasteiger partial charge in [-0.15, -0.1) is 0 Å². The predicted molar refractivity (Wildman–Crippen MR) is 54.3 cm³/mol. The molecular formula is C9H12N6. The zero-order valence-corrected chi connectivity index (χ0v) is 8.68. The van der Waals surface area contributed by atoms with Crippen molar-refractivity contribution in [1.29, 1.82) is 0 Å². The van der Waals surface area contributed by atoms with Crippen molar-refractivity contribution in [3.05, 3.63) is 29.7 Å². The number of hydrogen-bond acceptors (Lipinski definition) is 5. The normalized spacial score (nSPS) is 10.6. The molecule has 0 radical (unpaired) electrons. The standard InChI is InChI=1S/C9H12N6/c1-6-3-8(14-7(2)13-6)15-9(4-10)11-5-12-15/h3,5H,4,10H2,1-2H3. The molecule has 2 aromatic rings. The average Bonchev–Trinajstić information content (AvgIpc) is 2.63. The van der Waals surface area contributed by atoms with E-state index in [1.165, 1.54) is 6.33 Å². The van der Waals surface area contributed by atoms with Crippen LogP contribution in [0.15, 0.2) is 12.4 Å². The summed E-state index contributed by atoms with van der Waals surface area (Å²) in [5, 5.41) is 4.07. The Labute approximate surface area is 87.2 Å². The molecule has 0 saturated carbocycles. The predicted octanol–water partition coefficient (Wildman–Crippen LogP) is 0.133. The smallest absolute Gasteiger partial charge is 0.159 e. The number of nitrogens with two attached hydrogens (primary N) is 1. The molecule has 2 N–H and O–H groups in total. The van der Waals surface area contributed by atoms with Crippen molar-refractivity contribution < 1.29 is 0 Å². The summed E-state index contributed by atoms with van der Waals surface area (Å²) >= 11 is 0. The summed E-state index contributed by atoms with van der Waals surface area (Å²) in [4.78, 5) is 12.5. The molecule has 0 aliphatic rings. The van der Waals surface area contributed by atoms with Gasteiger partial charge in [0.05, 0.1) is 6.54 Å². The second-order valence-corrected chi connectivity index (χ2v) is 3.21. The Morgan fingerprint density at radius 3 is 2.80 bits per heavy atom. The van der Waals surface area contributed by atoms with Crippen LogP contribution in [-0.2, 0) is 6.54 Å². The van der Waals surface area contributed by atoms with E-state index in [9.17, 15) is 0 Å². The number of nitrogens with zero attached hydrogens (tertiary/aromatic N) is 5. The lowest BCUT2D eigenvalue weighted by atomic mass is 10.4. The SMILES string of the molecule is Cc1cc(-n2ncnc2CN)nc(C)n1. The van der Waals surface area contributed by atoms with Crippen molar-refractivity contribution in [3.63, 3.8) is 0 Å². The minimum Gasteiger partial charge on any atom is -0.324 e. The molecule has 0 aromatic carbocycles. The summed E-state index contributed by atoms with van der Waals surface area (Å²) in [6.45, 7) is 4.09. The summed E-state index contributed by atoms with van der Waals surface area (Å²) in [5.41, 5.74) is 6.44. The van der Waals surface area contributed by atoms with E-state index in [1.54, 1.807) is 4.68 Å². The van der Waals surface area contributed by atoms with Gasteiger partial charge in [0.2, 0.25) is 0 Å². The number of rotatable bonds is 2. The van der Waals surface area contributed by atoms with E-state index in [-0.39, 0.29) is 0 Å². The minimum atomic E-state index is 0.335. The van der Waals surface area contributed by atoms with Crippen LogP contribution in [0.2, 0.25) is 0 Å². The topological polar surface area (TPSA) is 82.5 Å². The molecule has 78 valence electrons. The van der Waals surface area contributed by atoms with Gasteiger partial charge in [-0.2, -0.15) is 9.78 Å². The zero-order valence-electron chi connectivity index (χ0n) is 8.68. The monoisotopic (exact) mass is 204 g/mol. The first kappa shape index (κ1) is 9.72. The van der Waals surface area contributed by atoms with Gasteiger partial charge in [0, 0.05) is 11.8 Å². The Hall–Kier alpha value is -1.82. The van der Waals surface area contributed by atoms with E-state index in [4.69, 9.17) is 5.73 Å². The zero-order chi connectivity index (χ0) is 10.8. The molecule has 6 heteroatoms. The van der Waals surface area contributed by atoms with Crippen molar-refractivity contribution in [2.45, 2.75) is 20.4 Å². The van der Waals surface area contributed by atoms with E-state index in [0.29, 0.717) is 24.0 Å². The largest absolute Gasteiger partial charge is 0.324 e. The number of hydrogen-bond donors (Lipinski definition) is 1. The Kier molecular flexibility index (Phi) is 2.42. The van der Waals surface area contributed by atoms with E-state index < -0.39 is 0 Å². The van der Waals surface area contributed by atoms with Crippen LogP contribution in [0.5, 0.6) is 0 Å². The first-order valence-electron chi connectivity index (χ1n) is 4.62. The molecule has 0 aliphatic carbocycles. The van der Waals surface area contributed by atoms with Crippen LogP contribution in [-0.4, -0.2) is 24.7 Å². The van der Waals surface area contributed by atoms with E-state index in [2.05, 4.69) is 20.1 Å². The Bertz CT molecular complexity index is 455. The summed E-state index contributed by atoms with van der Waals surface area (Å²) in [6, 6.07) is 1.85. The third-order valence-electron chi connectivity index (χ3n) is 1.97. The maximum atomic E-state index is 5.54. The highest BCUT2D eigenvalue weighted by Crippen LogP contribution is 2.06. The molecular weight excluding hydrogens is 192 g/mol. The fourth-order valence-electron chi connectivity index (χ4n) is 1.40. The lowest BCUT2D eigenvalue weighted by Crippen LogP contribution is -2.10. The van der Waals surface area contributed by atoms with Crippen LogP contribution in [0.3, 0.4) is 0 Å². The van der Waals surface area contributed by atoms with Crippen molar-refractivity contribution in [2.75, 3.05) is 0 Å². The Morgan fingerprint density at radius 2 is 2.13 bits per heavy atom. The highest BCUT2D eigenvalue weighted by molar-refractivity contribution is 5.24. The quantitative estimate of drug-likeness (QED) is 0.752. The summed E-state index contributed by atoms with van der Waals surface area (Å²) in [7, 11) is 0. The first-order valence-corrected chi connectivity index (χ1v) is 4.62. The lowest BCUT2D eigenvalue weighted by Gasteiger charge is -2.04. The highest BCUT2D eigenvalue weighted by Gasteiger charge is 2.07. The average molecular weight is 204 g/mol. The van der Waals surface area contributed by atoms with Crippen LogP contribution < -0.4 is 5.73 Å². The molecule has 2 heterocycles. The van der Waals surface area contributed by atoms with Gasteiger partial charge < -0.3 is 5.73 Å².